The van der Waals surface area contributed by atoms with Crippen LogP contribution in [0.4, 0.5) is 0 Å². The van der Waals surface area contributed by atoms with E-state index in [1.165, 1.54) is 5.56 Å². The molecule has 0 saturated carbocycles. The van der Waals surface area contributed by atoms with Crippen LogP contribution in [0.5, 0.6) is 0 Å². The van der Waals surface area contributed by atoms with Crippen LogP contribution in [0.15, 0.2) is 28.7 Å². The van der Waals surface area contributed by atoms with Crippen LogP contribution >= 0.6 is 15.9 Å². The summed E-state index contributed by atoms with van der Waals surface area (Å²) in [6.45, 7) is 2.79. The second kappa shape index (κ2) is 6.66. The molecule has 0 fully saturated rings. The Morgan fingerprint density at radius 3 is 2.94 bits per heavy atom. The molecule has 0 spiro atoms. The van der Waals surface area contributed by atoms with Crippen molar-refractivity contribution in [2.75, 3.05) is 6.54 Å². The number of rotatable bonds is 6. The summed E-state index contributed by atoms with van der Waals surface area (Å²) in [7, 11) is 0. The number of carboxylic acid groups (broad SMARTS) is 1. The van der Waals surface area contributed by atoms with E-state index in [0.717, 1.165) is 11.0 Å². The van der Waals surface area contributed by atoms with Crippen molar-refractivity contribution in [1.29, 1.82) is 0 Å². The number of hydrogen-bond acceptors (Lipinski definition) is 2. The number of aliphatic carboxylic acids is 1. The third-order valence-electron chi connectivity index (χ3n) is 2.37. The SMILES string of the molecule is C[C@@H](NCCCC(=O)O)c1cccc(Br)c1. The van der Waals surface area contributed by atoms with E-state index in [2.05, 4.69) is 40.3 Å². The number of carbonyl (C=O) groups is 1. The normalized spacial score (nSPS) is 12.4. The third-order valence-corrected chi connectivity index (χ3v) is 2.86. The minimum absolute atomic E-state index is 0.220. The van der Waals surface area contributed by atoms with Crippen molar-refractivity contribution in [2.45, 2.75) is 25.8 Å². The predicted molar refractivity (Wildman–Crippen MR) is 67.4 cm³/mol. The summed E-state index contributed by atoms with van der Waals surface area (Å²) < 4.78 is 1.06. The fourth-order valence-corrected chi connectivity index (χ4v) is 1.87. The van der Waals surface area contributed by atoms with E-state index in [0.29, 0.717) is 6.42 Å². The van der Waals surface area contributed by atoms with Gasteiger partial charge < -0.3 is 10.4 Å². The Kier molecular flexibility index (Phi) is 5.49. The maximum atomic E-state index is 10.3. The van der Waals surface area contributed by atoms with Crippen LogP contribution in [-0.4, -0.2) is 17.6 Å². The summed E-state index contributed by atoms with van der Waals surface area (Å²) in [4.78, 5) is 10.3. The van der Waals surface area contributed by atoms with Gasteiger partial charge in [0.15, 0.2) is 0 Å². The average molecular weight is 286 g/mol. The standard InChI is InChI=1S/C12H16BrNO2/c1-9(14-7-3-6-12(15)16)10-4-2-5-11(13)8-10/h2,4-5,8-9,14H,3,6-7H2,1H3,(H,15,16)/t9-/m1/s1. The summed E-state index contributed by atoms with van der Waals surface area (Å²) in [5.41, 5.74) is 1.20. The van der Waals surface area contributed by atoms with Gasteiger partial charge in [-0.15, -0.1) is 0 Å². The first-order valence-electron chi connectivity index (χ1n) is 5.30. The highest BCUT2D eigenvalue weighted by atomic mass is 79.9. The van der Waals surface area contributed by atoms with E-state index in [4.69, 9.17) is 5.11 Å². The van der Waals surface area contributed by atoms with Crippen LogP contribution in [-0.2, 0) is 4.79 Å². The van der Waals surface area contributed by atoms with Crippen molar-refractivity contribution in [3.63, 3.8) is 0 Å². The Balaban J connectivity index is 2.35. The lowest BCUT2D eigenvalue weighted by Gasteiger charge is -2.14. The Morgan fingerprint density at radius 1 is 1.56 bits per heavy atom. The minimum Gasteiger partial charge on any atom is -0.481 e. The fraction of sp³-hybridized carbons (Fsp3) is 0.417. The van der Waals surface area contributed by atoms with Crippen LogP contribution in [0, 0.1) is 0 Å². The lowest BCUT2D eigenvalue weighted by molar-refractivity contribution is -0.137. The fourth-order valence-electron chi connectivity index (χ4n) is 1.45. The maximum absolute atomic E-state index is 10.3. The highest BCUT2D eigenvalue weighted by molar-refractivity contribution is 9.10. The van der Waals surface area contributed by atoms with Crippen LogP contribution in [0.2, 0.25) is 0 Å². The van der Waals surface area contributed by atoms with E-state index < -0.39 is 5.97 Å². The molecule has 88 valence electrons. The first-order valence-corrected chi connectivity index (χ1v) is 6.09. The van der Waals surface area contributed by atoms with Gasteiger partial charge in [-0.2, -0.15) is 0 Å². The van der Waals surface area contributed by atoms with Crippen molar-refractivity contribution in [2.24, 2.45) is 0 Å². The first kappa shape index (κ1) is 13.2. The van der Waals surface area contributed by atoms with Crippen LogP contribution in [0.3, 0.4) is 0 Å². The number of nitrogens with one attached hydrogen (secondary N) is 1. The molecule has 16 heavy (non-hydrogen) atoms. The van der Waals surface area contributed by atoms with Gasteiger partial charge in [-0.05, 0) is 37.6 Å². The Morgan fingerprint density at radius 2 is 2.31 bits per heavy atom. The minimum atomic E-state index is -0.739. The molecule has 3 nitrogen and oxygen atoms in total. The molecule has 0 aliphatic carbocycles. The summed E-state index contributed by atoms with van der Waals surface area (Å²) in [5.74, 6) is -0.739. The zero-order chi connectivity index (χ0) is 12.0. The summed E-state index contributed by atoms with van der Waals surface area (Å²) in [6.07, 6.45) is 0.881. The highest BCUT2D eigenvalue weighted by Gasteiger charge is 2.04. The molecule has 1 aromatic rings. The van der Waals surface area contributed by atoms with E-state index in [9.17, 15) is 4.79 Å². The van der Waals surface area contributed by atoms with Crippen molar-refractivity contribution in [3.05, 3.63) is 34.3 Å². The molecular weight excluding hydrogens is 270 g/mol. The molecule has 0 unspecified atom stereocenters. The molecule has 4 heteroatoms. The first-order chi connectivity index (χ1) is 7.59. The van der Waals surface area contributed by atoms with Crippen LogP contribution in [0.1, 0.15) is 31.4 Å². The molecule has 1 atom stereocenters. The molecule has 1 rings (SSSR count). The largest absolute Gasteiger partial charge is 0.481 e. The molecule has 0 aliphatic rings. The van der Waals surface area contributed by atoms with Crippen LogP contribution in [0.25, 0.3) is 0 Å². The van der Waals surface area contributed by atoms with Gasteiger partial charge in [0.2, 0.25) is 0 Å². The second-order valence-electron chi connectivity index (χ2n) is 3.73. The van der Waals surface area contributed by atoms with Gasteiger partial charge in [0.05, 0.1) is 0 Å². The van der Waals surface area contributed by atoms with Gasteiger partial charge in [-0.1, -0.05) is 28.1 Å². The Labute approximate surface area is 104 Å². The molecule has 2 N–H and O–H groups in total. The summed E-state index contributed by atoms with van der Waals surface area (Å²) in [6, 6.07) is 8.34. The lowest BCUT2D eigenvalue weighted by Crippen LogP contribution is -2.20. The van der Waals surface area contributed by atoms with E-state index >= 15 is 0 Å². The van der Waals surface area contributed by atoms with E-state index in [1.54, 1.807) is 0 Å². The summed E-state index contributed by atoms with van der Waals surface area (Å²) >= 11 is 3.43. The smallest absolute Gasteiger partial charge is 0.303 e. The molecule has 0 amide bonds. The molecule has 0 aromatic heterocycles. The summed E-state index contributed by atoms with van der Waals surface area (Å²) in [5, 5.41) is 11.8. The monoisotopic (exact) mass is 285 g/mol. The predicted octanol–water partition coefficient (Wildman–Crippen LogP) is 2.96. The van der Waals surface area contributed by atoms with Gasteiger partial charge in [0.25, 0.3) is 0 Å². The average Bonchev–Trinajstić information content (AvgIpc) is 2.24. The van der Waals surface area contributed by atoms with Gasteiger partial charge in [-0.3, -0.25) is 4.79 Å². The van der Waals surface area contributed by atoms with Gasteiger partial charge in [0, 0.05) is 16.9 Å². The third kappa shape index (κ3) is 4.77. The highest BCUT2D eigenvalue weighted by Crippen LogP contribution is 2.17. The van der Waals surface area contributed by atoms with Gasteiger partial charge in [-0.25, -0.2) is 0 Å². The zero-order valence-corrected chi connectivity index (χ0v) is 10.8. The zero-order valence-electron chi connectivity index (χ0n) is 9.24. The second-order valence-corrected chi connectivity index (χ2v) is 4.64. The number of hydrogen-bond donors (Lipinski definition) is 2. The number of halogens is 1. The number of benzene rings is 1. The maximum Gasteiger partial charge on any atom is 0.303 e. The van der Waals surface area contributed by atoms with Gasteiger partial charge >= 0.3 is 5.97 Å². The molecule has 1 aromatic carbocycles. The molecule has 0 radical (unpaired) electrons. The molecule has 0 aliphatic heterocycles. The van der Waals surface area contributed by atoms with E-state index in [-0.39, 0.29) is 12.5 Å². The van der Waals surface area contributed by atoms with Crippen LogP contribution < -0.4 is 5.32 Å². The topological polar surface area (TPSA) is 49.3 Å². The Bertz CT molecular complexity index is 355. The Hall–Kier alpha value is -0.870. The molecule has 0 heterocycles. The quantitative estimate of drug-likeness (QED) is 0.790. The van der Waals surface area contributed by atoms with E-state index in [1.807, 2.05) is 12.1 Å². The van der Waals surface area contributed by atoms with Crippen molar-refractivity contribution >= 4 is 21.9 Å². The lowest BCUT2D eigenvalue weighted by atomic mass is 10.1. The van der Waals surface area contributed by atoms with Crippen molar-refractivity contribution in [1.82, 2.24) is 5.32 Å². The van der Waals surface area contributed by atoms with Crippen molar-refractivity contribution < 1.29 is 9.90 Å². The van der Waals surface area contributed by atoms with Crippen molar-refractivity contribution in [3.8, 4) is 0 Å². The molecular formula is C12H16BrNO2. The number of carboxylic acids is 1. The molecule has 0 bridgehead atoms. The van der Waals surface area contributed by atoms with Gasteiger partial charge in [0.1, 0.15) is 0 Å². The molecule has 0 saturated heterocycles.